The number of morpholine rings is 1. The lowest BCUT2D eigenvalue weighted by molar-refractivity contribution is -0.0231. The highest BCUT2D eigenvalue weighted by molar-refractivity contribution is 5.32. The molecule has 0 amide bonds. The molecule has 0 spiro atoms. The maximum absolute atomic E-state index is 9.27. The van der Waals surface area contributed by atoms with E-state index in [1.807, 2.05) is 18.2 Å². The summed E-state index contributed by atoms with van der Waals surface area (Å²) >= 11 is 0. The van der Waals surface area contributed by atoms with Crippen molar-refractivity contribution in [2.75, 3.05) is 46.0 Å². The number of rotatable bonds is 6. The van der Waals surface area contributed by atoms with Crippen molar-refractivity contribution in [2.24, 2.45) is 5.92 Å². The molecular weight excluding hydrogens is 314 g/mol. The van der Waals surface area contributed by atoms with Crippen molar-refractivity contribution in [3.05, 3.63) is 35.4 Å². The Labute approximate surface area is 150 Å². The van der Waals surface area contributed by atoms with Crippen LogP contribution in [0, 0.1) is 17.2 Å². The summed E-state index contributed by atoms with van der Waals surface area (Å²) in [5.41, 5.74) is 1.95. The first-order valence-corrected chi connectivity index (χ1v) is 9.44. The van der Waals surface area contributed by atoms with Crippen LogP contribution in [0.2, 0.25) is 0 Å². The molecule has 0 aromatic heterocycles. The summed E-state index contributed by atoms with van der Waals surface area (Å²) in [5.74, 6) is 0.596. The summed E-state index contributed by atoms with van der Waals surface area (Å²) in [7, 11) is 0. The molecule has 0 aliphatic carbocycles. The first kappa shape index (κ1) is 18.3. The van der Waals surface area contributed by atoms with Crippen LogP contribution < -0.4 is 0 Å². The minimum Gasteiger partial charge on any atom is -0.396 e. The van der Waals surface area contributed by atoms with Gasteiger partial charge in [-0.1, -0.05) is 12.1 Å². The lowest BCUT2D eigenvalue weighted by atomic mass is 9.86. The van der Waals surface area contributed by atoms with Crippen molar-refractivity contribution >= 4 is 0 Å². The normalized spacial score (nSPS) is 25.6. The fraction of sp³-hybridized carbons (Fsp3) is 0.650. The molecule has 0 radical (unpaired) electrons. The zero-order chi connectivity index (χ0) is 17.5. The highest BCUT2D eigenvalue weighted by Gasteiger charge is 2.33. The number of benzene rings is 1. The van der Waals surface area contributed by atoms with Gasteiger partial charge in [0.2, 0.25) is 0 Å². The highest BCUT2D eigenvalue weighted by Crippen LogP contribution is 2.28. The van der Waals surface area contributed by atoms with E-state index in [0.29, 0.717) is 12.0 Å². The van der Waals surface area contributed by atoms with Gasteiger partial charge in [-0.05, 0) is 49.4 Å². The van der Waals surface area contributed by atoms with Gasteiger partial charge in [0.25, 0.3) is 0 Å². The quantitative estimate of drug-likeness (QED) is 0.854. The number of aliphatic hydroxyl groups excluding tert-OH is 1. The van der Waals surface area contributed by atoms with Gasteiger partial charge in [-0.15, -0.1) is 0 Å². The number of nitriles is 1. The Bertz CT molecular complexity index is 581. The summed E-state index contributed by atoms with van der Waals surface area (Å²) in [4.78, 5) is 5.11. The number of piperidine rings is 1. The lowest BCUT2D eigenvalue weighted by Gasteiger charge is -2.45. The molecule has 3 rings (SSSR count). The van der Waals surface area contributed by atoms with Crippen LogP contribution in [0.3, 0.4) is 0 Å². The van der Waals surface area contributed by atoms with Crippen LogP contribution in [0.5, 0.6) is 0 Å². The Morgan fingerprint density at radius 1 is 1.24 bits per heavy atom. The Balaban J connectivity index is 1.63. The Morgan fingerprint density at radius 2 is 2.08 bits per heavy atom. The van der Waals surface area contributed by atoms with Crippen molar-refractivity contribution in [1.29, 1.82) is 5.26 Å². The van der Waals surface area contributed by atoms with Crippen LogP contribution >= 0.6 is 0 Å². The molecule has 136 valence electrons. The predicted molar refractivity (Wildman–Crippen MR) is 97.0 cm³/mol. The number of nitrogens with zero attached hydrogens (tertiary/aromatic N) is 3. The van der Waals surface area contributed by atoms with Crippen LogP contribution in [0.1, 0.15) is 30.4 Å². The average molecular weight is 343 g/mol. The molecule has 0 unspecified atom stereocenters. The molecule has 2 fully saturated rings. The second-order valence-corrected chi connectivity index (χ2v) is 7.18. The van der Waals surface area contributed by atoms with E-state index in [2.05, 4.69) is 21.9 Å². The molecule has 2 aliphatic heterocycles. The van der Waals surface area contributed by atoms with E-state index in [-0.39, 0.29) is 6.61 Å². The lowest BCUT2D eigenvalue weighted by Crippen LogP contribution is -2.53. The van der Waals surface area contributed by atoms with E-state index in [1.54, 1.807) is 0 Å². The molecule has 1 aromatic carbocycles. The second kappa shape index (κ2) is 9.30. The van der Waals surface area contributed by atoms with Crippen molar-refractivity contribution in [2.45, 2.75) is 31.8 Å². The molecule has 5 nitrogen and oxygen atoms in total. The smallest absolute Gasteiger partial charge is 0.0991 e. The van der Waals surface area contributed by atoms with Gasteiger partial charge in [0.1, 0.15) is 0 Å². The molecule has 1 aromatic rings. The maximum Gasteiger partial charge on any atom is 0.0991 e. The largest absolute Gasteiger partial charge is 0.396 e. The molecule has 2 aliphatic rings. The number of hydrogen-bond acceptors (Lipinski definition) is 5. The minimum atomic E-state index is 0.274. The molecular formula is C20H29N3O2. The second-order valence-electron chi connectivity index (χ2n) is 7.18. The number of aliphatic hydroxyl groups is 1. The van der Waals surface area contributed by atoms with Crippen LogP contribution in [-0.4, -0.2) is 66.9 Å². The third-order valence-electron chi connectivity index (χ3n) is 5.49. The fourth-order valence-electron chi connectivity index (χ4n) is 4.26. The van der Waals surface area contributed by atoms with Crippen LogP contribution in [0.25, 0.3) is 0 Å². The summed E-state index contributed by atoms with van der Waals surface area (Å²) < 4.78 is 5.51. The first-order chi connectivity index (χ1) is 12.3. The van der Waals surface area contributed by atoms with Crippen LogP contribution in [0.15, 0.2) is 24.3 Å². The van der Waals surface area contributed by atoms with E-state index in [1.165, 1.54) is 12.0 Å². The third kappa shape index (κ3) is 5.02. The Kier molecular flexibility index (Phi) is 6.83. The van der Waals surface area contributed by atoms with Crippen molar-refractivity contribution < 1.29 is 9.84 Å². The number of hydrogen-bond donors (Lipinski definition) is 1. The summed E-state index contributed by atoms with van der Waals surface area (Å²) in [5, 5.41) is 18.4. The maximum atomic E-state index is 9.27. The zero-order valence-electron chi connectivity index (χ0n) is 14.9. The Morgan fingerprint density at radius 3 is 2.84 bits per heavy atom. The van der Waals surface area contributed by atoms with E-state index in [9.17, 15) is 5.11 Å². The Hall–Kier alpha value is -1.45. The van der Waals surface area contributed by atoms with Crippen LogP contribution in [0.4, 0.5) is 0 Å². The molecule has 5 heteroatoms. The standard InChI is InChI=1S/C20H29N3O2/c21-14-17-3-1-4-18(13-17)15-22-7-6-20(19(16-22)5-2-10-24)23-8-11-25-12-9-23/h1,3-4,13,19-20,24H,2,5-12,15-16H2/t19-,20+/m1/s1. The van der Waals surface area contributed by atoms with E-state index < -0.39 is 0 Å². The van der Waals surface area contributed by atoms with Gasteiger partial charge in [0.15, 0.2) is 0 Å². The SMILES string of the molecule is N#Cc1cccc(CN2CC[C@H](N3CCOCC3)[C@H](CCCO)C2)c1. The van der Waals surface area contributed by atoms with E-state index in [4.69, 9.17) is 10.00 Å². The fourth-order valence-corrected chi connectivity index (χ4v) is 4.26. The number of likely N-dealkylation sites (tertiary alicyclic amines) is 1. The van der Waals surface area contributed by atoms with Crippen molar-refractivity contribution in [3.63, 3.8) is 0 Å². The third-order valence-corrected chi connectivity index (χ3v) is 5.49. The van der Waals surface area contributed by atoms with Crippen molar-refractivity contribution in [3.8, 4) is 6.07 Å². The molecule has 2 saturated heterocycles. The number of ether oxygens (including phenoxy) is 1. The van der Waals surface area contributed by atoms with Gasteiger partial charge in [-0.3, -0.25) is 9.80 Å². The molecule has 2 atom stereocenters. The van der Waals surface area contributed by atoms with Gasteiger partial charge in [-0.25, -0.2) is 0 Å². The summed E-state index contributed by atoms with van der Waals surface area (Å²) in [6, 6.07) is 10.8. The molecule has 0 saturated carbocycles. The summed E-state index contributed by atoms with van der Waals surface area (Å²) in [6.45, 7) is 7.08. The molecule has 1 N–H and O–H groups in total. The first-order valence-electron chi connectivity index (χ1n) is 9.44. The van der Waals surface area contributed by atoms with Gasteiger partial charge in [-0.2, -0.15) is 5.26 Å². The van der Waals surface area contributed by atoms with Gasteiger partial charge < -0.3 is 9.84 Å². The molecule has 0 bridgehead atoms. The van der Waals surface area contributed by atoms with E-state index in [0.717, 1.165) is 64.3 Å². The zero-order valence-corrected chi connectivity index (χ0v) is 14.9. The van der Waals surface area contributed by atoms with Crippen molar-refractivity contribution in [1.82, 2.24) is 9.80 Å². The van der Waals surface area contributed by atoms with Gasteiger partial charge in [0, 0.05) is 38.8 Å². The van der Waals surface area contributed by atoms with Gasteiger partial charge >= 0.3 is 0 Å². The monoisotopic (exact) mass is 343 g/mol. The van der Waals surface area contributed by atoms with E-state index >= 15 is 0 Å². The predicted octanol–water partition coefficient (Wildman–Crippen LogP) is 1.85. The molecule has 25 heavy (non-hydrogen) atoms. The van der Waals surface area contributed by atoms with Crippen LogP contribution in [-0.2, 0) is 11.3 Å². The summed E-state index contributed by atoms with van der Waals surface area (Å²) in [6.07, 6.45) is 3.13. The average Bonchev–Trinajstić information content (AvgIpc) is 2.67. The minimum absolute atomic E-state index is 0.274. The topological polar surface area (TPSA) is 59.7 Å². The highest BCUT2D eigenvalue weighted by atomic mass is 16.5. The molecule has 2 heterocycles. The van der Waals surface area contributed by atoms with Gasteiger partial charge in [0.05, 0.1) is 24.8 Å².